The van der Waals surface area contributed by atoms with Gasteiger partial charge in [0, 0.05) is 15.6 Å². The van der Waals surface area contributed by atoms with Crippen molar-refractivity contribution in [2.24, 2.45) is 5.10 Å². The molecule has 0 aliphatic carbocycles. The second-order valence-electron chi connectivity index (χ2n) is 4.20. The van der Waals surface area contributed by atoms with E-state index < -0.39 is 29.2 Å². The minimum Gasteiger partial charge on any atom is -0.166 e. The van der Waals surface area contributed by atoms with E-state index in [9.17, 15) is 26.3 Å². The van der Waals surface area contributed by atoms with Crippen LogP contribution in [0.1, 0.15) is 18.1 Å². The maximum atomic E-state index is 12.9. The average Bonchev–Trinajstić information content (AvgIpc) is 2.70. The average molecular weight is 372 g/mol. The number of rotatable bonds is 1. The van der Waals surface area contributed by atoms with Gasteiger partial charge < -0.3 is 0 Å². The van der Waals surface area contributed by atoms with Crippen LogP contribution < -0.4 is 5.43 Å². The first kappa shape index (κ1) is 15.9. The lowest BCUT2D eigenvalue weighted by atomic mass is 9.97. The molecule has 9 heteroatoms. The van der Waals surface area contributed by atoms with E-state index >= 15 is 0 Å². The van der Waals surface area contributed by atoms with Gasteiger partial charge in [-0.25, -0.2) is 0 Å². The highest BCUT2D eigenvalue weighted by Gasteiger charge is 2.43. The van der Waals surface area contributed by atoms with Crippen LogP contribution in [0.2, 0.25) is 0 Å². The van der Waals surface area contributed by atoms with E-state index in [1.54, 1.807) is 0 Å². The molecule has 0 saturated heterocycles. The third-order valence-electron chi connectivity index (χ3n) is 2.73. The summed E-state index contributed by atoms with van der Waals surface area (Å²) in [5, 5.41) is 3.02. The second kappa shape index (κ2) is 5.04. The third-order valence-corrected chi connectivity index (χ3v) is 3.42. The highest BCUT2D eigenvalue weighted by atomic mass is 79.9. The highest BCUT2D eigenvalue weighted by molar-refractivity contribution is 9.10. The quantitative estimate of drug-likeness (QED) is 0.637. The number of benzene rings is 1. The topological polar surface area (TPSA) is 26.5 Å². The summed E-state index contributed by atoms with van der Waals surface area (Å²) in [6.45, 7) is 1.25. The molecule has 113 valence electrons. The normalized spacial score (nSPS) is 16.1. The van der Waals surface area contributed by atoms with Crippen molar-refractivity contribution in [2.75, 3.05) is 0 Å². The first-order valence-electron chi connectivity index (χ1n) is 5.46. The van der Waals surface area contributed by atoms with Crippen molar-refractivity contribution in [2.45, 2.75) is 19.3 Å². The Morgan fingerprint density at radius 1 is 1.00 bits per heavy atom. The molecule has 0 spiro atoms. The molecule has 1 heterocycles. The summed E-state index contributed by atoms with van der Waals surface area (Å²) in [6.07, 6.45) is -9.46. The van der Waals surface area contributed by atoms with E-state index in [0.717, 1.165) is 12.1 Å². The monoisotopic (exact) mass is 371 g/mol. The van der Waals surface area contributed by atoms with Gasteiger partial charge in [0.15, 0.2) is 5.71 Å². The molecule has 2 rings (SSSR count). The lowest BCUT2D eigenvalue weighted by molar-refractivity contribution is -0.137. The van der Waals surface area contributed by atoms with E-state index in [2.05, 4.69) is 26.5 Å². The van der Waals surface area contributed by atoms with E-state index in [0.29, 0.717) is 6.07 Å². The van der Waals surface area contributed by atoms with Gasteiger partial charge in [0.25, 0.3) is 0 Å². The molecule has 1 aliphatic rings. The Morgan fingerprint density at radius 2 is 1.62 bits per heavy atom. The number of hydrogen-bond donors (Lipinski definition) is 0. The van der Waals surface area contributed by atoms with Crippen LogP contribution in [-0.2, 0) is 6.18 Å². The SMILES string of the molecule is CC1=C(c2cc(C(F)(F)F)ccc2Br)C(C(F)(F)F)=N[N]1. The summed E-state index contributed by atoms with van der Waals surface area (Å²) >= 11 is 2.96. The van der Waals surface area contributed by atoms with Crippen LogP contribution in [0, 0.1) is 0 Å². The Labute approximate surface area is 123 Å². The zero-order chi connectivity index (χ0) is 16.0. The molecule has 1 aromatic carbocycles. The van der Waals surface area contributed by atoms with Gasteiger partial charge in [0.1, 0.15) is 0 Å². The summed E-state index contributed by atoms with van der Waals surface area (Å²) in [4.78, 5) is 0. The van der Waals surface area contributed by atoms with Gasteiger partial charge in [-0.2, -0.15) is 31.8 Å². The molecular formula is C12H6BrF6N2. The van der Waals surface area contributed by atoms with Gasteiger partial charge in [-0.05, 0) is 25.1 Å². The molecule has 0 fully saturated rings. The summed E-state index contributed by atoms with van der Waals surface area (Å²) in [7, 11) is 0. The summed E-state index contributed by atoms with van der Waals surface area (Å²) in [5.41, 5.74) is 0.165. The van der Waals surface area contributed by atoms with Gasteiger partial charge >= 0.3 is 12.4 Å². The van der Waals surface area contributed by atoms with Crippen LogP contribution >= 0.6 is 15.9 Å². The predicted octanol–water partition coefficient (Wildman–Crippen LogP) is 4.74. The zero-order valence-corrected chi connectivity index (χ0v) is 11.9. The number of nitrogens with zero attached hydrogens (tertiary/aromatic N) is 2. The molecule has 2 nitrogen and oxygen atoms in total. The number of hydrogen-bond acceptors (Lipinski definition) is 1. The van der Waals surface area contributed by atoms with Crippen molar-refractivity contribution < 1.29 is 26.3 Å². The molecule has 0 atom stereocenters. The zero-order valence-electron chi connectivity index (χ0n) is 10.3. The highest BCUT2D eigenvalue weighted by Crippen LogP contribution is 2.39. The Kier molecular flexibility index (Phi) is 3.81. The first-order valence-corrected chi connectivity index (χ1v) is 6.25. The van der Waals surface area contributed by atoms with Gasteiger partial charge in [0.2, 0.25) is 0 Å². The van der Waals surface area contributed by atoms with Crippen molar-refractivity contribution in [3.63, 3.8) is 0 Å². The fraction of sp³-hybridized carbons (Fsp3) is 0.250. The first-order chi connectivity index (χ1) is 9.51. The van der Waals surface area contributed by atoms with E-state index in [-0.39, 0.29) is 15.7 Å². The fourth-order valence-corrected chi connectivity index (χ4v) is 2.26. The smallest absolute Gasteiger partial charge is 0.166 e. The molecule has 0 saturated carbocycles. The summed E-state index contributed by atoms with van der Waals surface area (Å²) < 4.78 is 76.8. The van der Waals surface area contributed by atoms with Gasteiger partial charge in [-0.15, -0.1) is 5.10 Å². The number of alkyl halides is 6. The molecule has 0 N–H and O–H groups in total. The minimum atomic E-state index is -4.80. The van der Waals surface area contributed by atoms with Gasteiger partial charge in [-0.1, -0.05) is 15.9 Å². The van der Waals surface area contributed by atoms with Crippen LogP contribution in [0.25, 0.3) is 5.57 Å². The van der Waals surface area contributed by atoms with Crippen molar-refractivity contribution in [3.8, 4) is 0 Å². The Balaban J connectivity index is 2.61. The predicted molar refractivity (Wildman–Crippen MR) is 67.4 cm³/mol. The van der Waals surface area contributed by atoms with Crippen LogP contribution in [0.5, 0.6) is 0 Å². The van der Waals surface area contributed by atoms with Crippen molar-refractivity contribution in [3.05, 3.63) is 39.5 Å². The van der Waals surface area contributed by atoms with Crippen LogP contribution in [0.3, 0.4) is 0 Å². The molecule has 0 bridgehead atoms. The molecule has 0 amide bonds. The van der Waals surface area contributed by atoms with Crippen LogP contribution in [0.4, 0.5) is 26.3 Å². The van der Waals surface area contributed by atoms with Crippen molar-refractivity contribution in [1.29, 1.82) is 0 Å². The molecular weight excluding hydrogens is 366 g/mol. The largest absolute Gasteiger partial charge is 0.435 e. The standard InChI is InChI=1S/C12H6BrF6N2/c1-5-9(10(21-20-5)12(17,18)19)7-4-6(11(14,15)16)2-3-8(7)13/h2-4H,1H3. The number of allylic oxidation sites excluding steroid dienone is 2. The Hall–Kier alpha value is -1.51. The lowest BCUT2D eigenvalue weighted by Gasteiger charge is -2.14. The molecule has 1 radical (unpaired) electrons. The lowest BCUT2D eigenvalue weighted by Crippen LogP contribution is -2.23. The van der Waals surface area contributed by atoms with Crippen molar-refractivity contribution >= 4 is 27.2 Å². The fourth-order valence-electron chi connectivity index (χ4n) is 1.81. The van der Waals surface area contributed by atoms with E-state index in [1.165, 1.54) is 6.92 Å². The molecule has 0 unspecified atom stereocenters. The molecule has 1 aliphatic heterocycles. The van der Waals surface area contributed by atoms with E-state index in [1.807, 2.05) is 0 Å². The Bertz CT molecular complexity index is 642. The molecule has 21 heavy (non-hydrogen) atoms. The van der Waals surface area contributed by atoms with Gasteiger partial charge in [0.05, 0.1) is 11.3 Å². The summed E-state index contributed by atoms with van der Waals surface area (Å²) in [5.74, 6) is 0. The maximum Gasteiger partial charge on any atom is 0.435 e. The molecule has 0 aromatic heterocycles. The maximum absolute atomic E-state index is 12.9. The number of halogens is 7. The van der Waals surface area contributed by atoms with Crippen LogP contribution in [-0.4, -0.2) is 11.9 Å². The molecule has 1 aromatic rings. The minimum absolute atomic E-state index is 0.0950. The second-order valence-corrected chi connectivity index (χ2v) is 5.05. The summed E-state index contributed by atoms with van der Waals surface area (Å²) in [6, 6.07) is 2.47. The van der Waals surface area contributed by atoms with Crippen LogP contribution in [0.15, 0.2) is 33.5 Å². The van der Waals surface area contributed by atoms with Gasteiger partial charge in [-0.3, -0.25) is 0 Å². The van der Waals surface area contributed by atoms with E-state index in [4.69, 9.17) is 0 Å². The Morgan fingerprint density at radius 3 is 2.14 bits per heavy atom. The van der Waals surface area contributed by atoms with Crippen molar-refractivity contribution in [1.82, 2.24) is 5.43 Å². The third kappa shape index (κ3) is 3.07.